The van der Waals surface area contributed by atoms with Crippen molar-refractivity contribution >= 4 is 17.5 Å². The van der Waals surface area contributed by atoms with Crippen LogP contribution in [0.15, 0.2) is 18.2 Å². The lowest BCUT2D eigenvalue weighted by Crippen LogP contribution is -2.45. The van der Waals surface area contributed by atoms with Crippen LogP contribution in [0.3, 0.4) is 0 Å². The molecule has 2 amide bonds. The fourth-order valence-corrected chi connectivity index (χ4v) is 3.09. The maximum absolute atomic E-state index is 12.7. The van der Waals surface area contributed by atoms with E-state index in [1.807, 2.05) is 26.0 Å². The molecule has 0 radical (unpaired) electrons. The summed E-state index contributed by atoms with van der Waals surface area (Å²) in [5.74, 6) is -0.284. The molecule has 1 aliphatic heterocycles. The number of likely N-dealkylation sites (tertiary alicyclic amines) is 1. The van der Waals surface area contributed by atoms with Crippen LogP contribution >= 0.6 is 0 Å². The average Bonchev–Trinajstić information content (AvgIpc) is 2.55. The third kappa shape index (κ3) is 4.74. The third-order valence-electron chi connectivity index (χ3n) is 4.72. The van der Waals surface area contributed by atoms with E-state index in [4.69, 9.17) is 0 Å². The third-order valence-corrected chi connectivity index (χ3v) is 4.72. The molecule has 0 aliphatic carbocycles. The molecule has 0 saturated carbocycles. The highest BCUT2D eigenvalue weighted by atomic mass is 16.3. The summed E-state index contributed by atoms with van der Waals surface area (Å²) in [6, 6.07) is 5.31. The standard InChI is InChI=1S/C20H30N2O3/c1-13(2)19(25)22-10-6-7-14(12-22)18(24)21-16-11-15(20(3,4)5)8-9-17(16)23/h8-9,11,13-14,23H,6-7,10,12H2,1-5H3,(H,21,24)/t14-/m0/s1. The second-order valence-corrected chi connectivity index (χ2v) is 8.25. The van der Waals surface area contributed by atoms with Crippen LogP contribution in [0.5, 0.6) is 5.75 Å². The number of amides is 2. The number of piperidine rings is 1. The number of aromatic hydroxyl groups is 1. The van der Waals surface area contributed by atoms with Crippen molar-refractivity contribution in [2.75, 3.05) is 18.4 Å². The number of hydrogen-bond donors (Lipinski definition) is 2. The quantitative estimate of drug-likeness (QED) is 0.823. The predicted molar refractivity (Wildman–Crippen MR) is 99.6 cm³/mol. The molecule has 5 nitrogen and oxygen atoms in total. The van der Waals surface area contributed by atoms with Crippen molar-refractivity contribution in [1.29, 1.82) is 0 Å². The summed E-state index contributed by atoms with van der Waals surface area (Å²) < 4.78 is 0. The first kappa shape index (κ1) is 19.3. The maximum Gasteiger partial charge on any atom is 0.229 e. The molecule has 1 aliphatic rings. The van der Waals surface area contributed by atoms with Crippen molar-refractivity contribution in [3.8, 4) is 5.75 Å². The monoisotopic (exact) mass is 346 g/mol. The molecule has 2 rings (SSSR count). The minimum atomic E-state index is -0.242. The Labute approximate surface area is 150 Å². The van der Waals surface area contributed by atoms with Gasteiger partial charge >= 0.3 is 0 Å². The smallest absolute Gasteiger partial charge is 0.229 e. The largest absolute Gasteiger partial charge is 0.506 e. The highest BCUT2D eigenvalue weighted by molar-refractivity contribution is 5.94. The zero-order valence-corrected chi connectivity index (χ0v) is 15.9. The second-order valence-electron chi connectivity index (χ2n) is 8.25. The second kappa shape index (κ2) is 7.46. The molecule has 1 fully saturated rings. The highest BCUT2D eigenvalue weighted by Crippen LogP contribution is 2.31. The van der Waals surface area contributed by atoms with Crippen molar-refractivity contribution in [3.63, 3.8) is 0 Å². The van der Waals surface area contributed by atoms with Crippen LogP contribution in [-0.2, 0) is 15.0 Å². The topological polar surface area (TPSA) is 69.6 Å². The number of carbonyl (C=O) groups is 2. The number of phenols is 1. The number of rotatable bonds is 3. The Bertz CT molecular complexity index is 647. The molecule has 1 heterocycles. The summed E-state index contributed by atoms with van der Waals surface area (Å²) >= 11 is 0. The normalized spacial score (nSPS) is 18.3. The molecule has 1 saturated heterocycles. The first-order valence-corrected chi connectivity index (χ1v) is 9.02. The molecule has 1 aromatic rings. The van der Waals surface area contributed by atoms with Gasteiger partial charge in [0.15, 0.2) is 0 Å². The van der Waals surface area contributed by atoms with Gasteiger partial charge in [-0.2, -0.15) is 0 Å². The predicted octanol–water partition coefficient (Wildman–Crippen LogP) is 3.52. The van der Waals surface area contributed by atoms with E-state index in [0.29, 0.717) is 18.8 Å². The number of nitrogens with one attached hydrogen (secondary N) is 1. The van der Waals surface area contributed by atoms with E-state index < -0.39 is 0 Å². The van der Waals surface area contributed by atoms with Crippen LogP contribution < -0.4 is 5.32 Å². The van der Waals surface area contributed by atoms with Gasteiger partial charge < -0.3 is 15.3 Å². The minimum absolute atomic E-state index is 0.0608. The van der Waals surface area contributed by atoms with E-state index in [0.717, 1.165) is 18.4 Å². The van der Waals surface area contributed by atoms with E-state index in [2.05, 4.69) is 26.1 Å². The first-order chi connectivity index (χ1) is 11.6. The summed E-state index contributed by atoms with van der Waals surface area (Å²) in [6.07, 6.45) is 1.58. The van der Waals surface area contributed by atoms with Crippen LogP contribution in [0.4, 0.5) is 5.69 Å². The Morgan fingerprint density at radius 2 is 1.96 bits per heavy atom. The molecule has 5 heteroatoms. The van der Waals surface area contributed by atoms with Gasteiger partial charge in [0, 0.05) is 19.0 Å². The Morgan fingerprint density at radius 1 is 1.28 bits per heavy atom. The fourth-order valence-electron chi connectivity index (χ4n) is 3.09. The molecule has 2 N–H and O–H groups in total. The van der Waals surface area contributed by atoms with Gasteiger partial charge in [0.05, 0.1) is 11.6 Å². The summed E-state index contributed by atoms with van der Waals surface area (Å²) in [4.78, 5) is 26.6. The van der Waals surface area contributed by atoms with Gasteiger partial charge in [-0.25, -0.2) is 0 Å². The number of carbonyl (C=O) groups excluding carboxylic acids is 2. The number of benzene rings is 1. The first-order valence-electron chi connectivity index (χ1n) is 9.02. The lowest BCUT2D eigenvalue weighted by atomic mass is 9.86. The van der Waals surface area contributed by atoms with Gasteiger partial charge in [0.2, 0.25) is 11.8 Å². The van der Waals surface area contributed by atoms with Crippen LogP contribution in [0.25, 0.3) is 0 Å². The summed E-state index contributed by atoms with van der Waals surface area (Å²) in [5, 5.41) is 12.9. The molecular formula is C20H30N2O3. The lowest BCUT2D eigenvalue weighted by molar-refractivity contribution is -0.137. The maximum atomic E-state index is 12.7. The lowest BCUT2D eigenvalue weighted by Gasteiger charge is -2.33. The van der Waals surface area contributed by atoms with Gasteiger partial charge in [-0.05, 0) is 36.0 Å². The van der Waals surface area contributed by atoms with Crippen LogP contribution in [0.1, 0.15) is 53.0 Å². The van der Waals surface area contributed by atoms with E-state index in [-0.39, 0.29) is 34.8 Å². The van der Waals surface area contributed by atoms with Crippen molar-refractivity contribution in [2.24, 2.45) is 11.8 Å². The van der Waals surface area contributed by atoms with Crippen LogP contribution in [0, 0.1) is 11.8 Å². The molecular weight excluding hydrogens is 316 g/mol. The molecule has 1 aromatic carbocycles. The number of anilines is 1. The van der Waals surface area contributed by atoms with E-state index in [1.165, 1.54) is 0 Å². The number of nitrogens with zero attached hydrogens (tertiary/aromatic N) is 1. The van der Waals surface area contributed by atoms with E-state index >= 15 is 0 Å². The molecule has 0 unspecified atom stereocenters. The van der Waals surface area contributed by atoms with Crippen molar-refractivity contribution < 1.29 is 14.7 Å². The Morgan fingerprint density at radius 3 is 2.56 bits per heavy atom. The average molecular weight is 346 g/mol. The molecule has 25 heavy (non-hydrogen) atoms. The van der Waals surface area contributed by atoms with Gasteiger partial charge in [0.25, 0.3) is 0 Å². The summed E-state index contributed by atoms with van der Waals surface area (Å²) in [7, 11) is 0. The zero-order valence-electron chi connectivity index (χ0n) is 15.9. The number of hydrogen-bond acceptors (Lipinski definition) is 3. The van der Waals surface area contributed by atoms with Crippen LogP contribution in [-0.4, -0.2) is 34.9 Å². The Hall–Kier alpha value is -2.04. The van der Waals surface area contributed by atoms with Gasteiger partial charge in [-0.1, -0.05) is 40.7 Å². The zero-order chi connectivity index (χ0) is 18.8. The molecule has 0 spiro atoms. The Kier molecular flexibility index (Phi) is 5.76. The van der Waals surface area contributed by atoms with Crippen molar-refractivity contribution in [1.82, 2.24) is 4.90 Å². The van der Waals surface area contributed by atoms with Gasteiger partial charge in [0.1, 0.15) is 5.75 Å². The molecule has 1 atom stereocenters. The van der Waals surface area contributed by atoms with Crippen molar-refractivity contribution in [2.45, 2.75) is 52.9 Å². The fraction of sp³-hybridized carbons (Fsp3) is 0.600. The summed E-state index contributed by atoms with van der Waals surface area (Å²) in [5.41, 5.74) is 1.41. The number of phenolic OH excluding ortho intramolecular Hbond substituents is 1. The van der Waals surface area contributed by atoms with Crippen LogP contribution in [0.2, 0.25) is 0 Å². The van der Waals surface area contributed by atoms with E-state index in [1.54, 1.807) is 11.0 Å². The molecule has 0 bridgehead atoms. The summed E-state index contributed by atoms with van der Waals surface area (Å²) in [6.45, 7) is 11.2. The van der Waals surface area contributed by atoms with Crippen molar-refractivity contribution in [3.05, 3.63) is 23.8 Å². The SMILES string of the molecule is CC(C)C(=O)N1CCC[C@H](C(=O)Nc2cc(C(C)(C)C)ccc2O)C1. The minimum Gasteiger partial charge on any atom is -0.506 e. The molecule has 0 aromatic heterocycles. The van der Waals surface area contributed by atoms with Gasteiger partial charge in [-0.3, -0.25) is 9.59 Å². The van der Waals surface area contributed by atoms with Gasteiger partial charge in [-0.15, -0.1) is 0 Å². The Balaban J connectivity index is 2.10. The highest BCUT2D eigenvalue weighted by Gasteiger charge is 2.29. The molecule has 138 valence electrons. The van der Waals surface area contributed by atoms with E-state index in [9.17, 15) is 14.7 Å².